The molecule has 1 aromatic carbocycles. The number of aromatic nitrogens is 1. The van der Waals surface area contributed by atoms with Gasteiger partial charge in [0, 0.05) is 28.3 Å². The van der Waals surface area contributed by atoms with Gasteiger partial charge in [-0.1, -0.05) is 22.0 Å². The summed E-state index contributed by atoms with van der Waals surface area (Å²) >= 11 is 3.49. The number of furan rings is 1. The van der Waals surface area contributed by atoms with Crippen LogP contribution in [0.2, 0.25) is 0 Å². The maximum atomic E-state index is 5.92. The van der Waals surface area contributed by atoms with E-state index in [1.54, 1.807) is 6.20 Å². The number of nitrogens with zero attached hydrogens (tertiary/aromatic N) is 1. The largest absolute Gasteiger partial charge is 0.459 e. The molecule has 0 saturated heterocycles. The SMILES string of the molecule is CC(N[C@H](C)c1cccnc1)c1cc2cc(Br)ccc2o1. The van der Waals surface area contributed by atoms with Crippen LogP contribution in [0.5, 0.6) is 0 Å². The van der Waals surface area contributed by atoms with Crippen molar-refractivity contribution in [1.29, 1.82) is 0 Å². The van der Waals surface area contributed by atoms with E-state index in [-0.39, 0.29) is 12.1 Å². The van der Waals surface area contributed by atoms with Crippen LogP contribution in [0.4, 0.5) is 0 Å². The Morgan fingerprint density at radius 1 is 1.14 bits per heavy atom. The van der Waals surface area contributed by atoms with Crippen molar-refractivity contribution >= 4 is 26.9 Å². The number of pyridine rings is 1. The van der Waals surface area contributed by atoms with Crippen molar-refractivity contribution < 1.29 is 4.42 Å². The Hall–Kier alpha value is -1.65. The highest BCUT2D eigenvalue weighted by molar-refractivity contribution is 9.10. The standard InChI is InChI=1S/C17H17BrN2O/c1-11(13-4-3-7-19-10-13)20-12(2)17-9-14-8-15(18)5-6-16(14)21-17/h3-12,20H,1-2H3/t11-,12?/m1/s1. The summed E-state index contributed by atoms with van der Waals surface area (Å²) < 4.78 is 6.98. The number of hydrogen-bond acceptors (Lipinski definition) is 3. The molecule has 21 heavy (non-hydrogen) atoms. The highest BCUT2D eigenvalue weighted by Crippen LogP contribution is 2.27. The van der Waals surface area contributed by atoms with Gasteiger partial charge in [0.25, 0.3) is 0 Å². The molecule has 3 nitrogen and oxygen atoms in total. The summed E-state index contributed by atoms with van der Waals surface area (Å²) in [7, 11) is 0. The lowest BCUT2D eigenvalue weighted by Gasteiger charge is -2.18. The minimum absolute atomic E-state index is 0.131. The van der Waals surface area contributed by atoms with Gasteiger partial charge in [-0.25, -0.2) is 0 Å². The zero-order valence-corrected chi connectivity index (χ0v) is 13.6. The normalized spacial score (nSPS) is 14.2. The van der Waals surface area contributed by atoms with Crippen LogP contribution in [0.1, 0.15) is 37.3 Å². The Labute approximate surface area is 132 Å². The number of benzene rings is 1. The molecule has 1 N–H and O–H groups in total. The van der Waals surface area contributed by atoms with E-state index in [0.717, 1.165) is 21.2 Å². The van der Waals surface area contributed by atoms with E-state index < -0.39 is 0 Å². The van der Waals surface area contributed by atoms with Gasteiger partial charge in [0.1, 0.15) is 11.3 Å². The molecule has 0 spiro atoms. The van der Waals surface area contributed by atoms with Crippen LogP contribution in [-0.4, -0.2) is 4.98 Å². The van der Waals surface area contributed by atoms with Gasteiger partial charge in [-0.2, -0.15) is 0 Å². The number of halogens is 1. The van der Waals surface area contributed by atoms with Crippen molar-refractivity contribution in [2.75, 3.05) is 0 Å². The first-order valence-electron chi connectivity index (χ1n) is 6.98. The molecule has 3 rings (SSSR count). The van der Waals surface area contributed by atoms with Gasteiger partial charge in [0.2, 0.25) is 0 Å². The van der Waals surface area contributed by atoms with Gasteiger partial charge >= 0.3 is 0 Å². The Bertz CT molecular complexity index is 739. The third-order valence-corrected chi connectivity index (χ3v) is 4.10. The van der Waals surface area contributed by atoms with Crippen LogP contribution in [0.15, 0.2) is 57.7 Å². The average molecular weight is 345 g/mol. The number of hydrogen-bond donors (Lipinski definition) is 1. The Morgan fingerprint density at radius 2 is 2.00 bits per heavy atom. The lowest BCUT2D eigenvalue weighted by Crippen LogP contribution is -2.22. The van der Waals surface area contributed by atoms with E-state index in [1.165, 1.54) is 5.56 Å². The lowest BCUT2D eigenvalue weighted by molar-refractivity contribution is 0.417. The molecular formula is C17H17BrN2O. The molecule has 0 amide bonds. The minimum atomic E-state index is 0.131. The van der Waals surface area contributed by atoms with Crippen molar-refractivity contribution in [2.24, 2.45) is 0 Å². The summed E-state index contributed by atoms with van der Waals surface area (Å²) in [5.74, 6) is 0.943. The van der Waals surface area contributed by atoms with Crippen molar-refractivity contribution in [3.63, 3.8) is 0 Å². The van der Waals surface area contributed by atoms with Gasteiger partial charge in [-0.3, -0.25) is 4.98 Å². The van der Waals surface area contributed by atoms with Crippen molar-refractivity contribution in [1.82, 2.24) is 10.3 Å². The second kappa shape index (κ2) is 6.00. The molecule has 0 aliphatic heterocycles. The van der Waals surface area contributed by atoms with Crippen LogP contribution in [0.3, 0.4) is 0 Å². The smallest absolute Gasteiger partial charge is 0.134 e. The fourth-order valence-corrected chi connectivity index (χ4v) is 2.81. The number of fused-ring (bicyclic) bond motifs is 1. The highest BCUT2D eigenvalue weighted by atomic mass is 79.9. The zero-order valence-electron chi connectivity index (χ0n) is 12.0. The molecule has 2 heterocycles. The molecular weight excluding hydrogens is 328 g/mol. The molecule has 0 radical (unpaired) electrons. The van der Waals surface area contributed by atoms with Gasteiger partial charge in [-0.05, 0) is 49.7 Å². The summed E-state index contributed by atoms with van der Waals surface area (Å²) in [5, 5.41) is 4.66. The average Bonchev–Trinajstić information content (AvgIpc) is 2.91. The first-order valence-corrected chi connectivity index (χ1v) is 7.78. The molecule has 3 aromatic rings. The zero-order chi connectivity index (χ0) is 14.8. The monoisotopic (exact) mass is 344 g/mol. The molecule has 0 aliphatic carbocycles. The molecule has 0 fully saturated rings. The third kappa shape index (κ3) is 3.17. The summed E-state index contributed by atoms with van der Waals surface area (Å²) in [6.07, 6.45) is 3.68. The van der Waals surface area contributed by atoms with E-state index in [9.17, 15) is 0 Å². The predicted octanol–water partition coefficient (Wildman–Crippen LogP) is 5.00. The van der Waals surface area contributed by atoms with E-state index >= 15 is 0 Å². The maximum absolute atomic E-state index is 5.92. The topological polar surface area (TPSA) is 38.1 Å². The molecule has 0 aliphatic rings. The van der Waals surface area contributed by atoms with Gasteiger partial charge in [0.15, 0.2) is 0 Å². The molecule has 1 unspecified atom stereocenters. The summed E-state index contributed by atoms with van der Waals surface area (Å²) in [4.78, 5) is 4.16. The van der Waals surface area contributed by atoms with Crippen LogP contribution in [-0.2, 0) is 0 Å². The van der Waals surface area contributed by atoms with Crippen LogP contribution in [0, 0.1) is 0 Å². The van der Waals surface area contributed by atoms with Gasteiger partial charge < -0.3 is 9.73 Å². The molecule has 4 heteroatoms. The quantitative estimate of drug-likeness (QED) is 0.723. The number of rotatable bonds is 4. The summed E-state index contributed by atoms with van der Waals surface area (Å²) in [6.45, 7) is 4.24. The van der Waals surface area contributed by atoms with Crippen LogP contribution >= 0.6 is 15.9 Å². The molecule has 2 atom stereocenters. The molecule has 0 saturated carbocycles. The summed E-state index contributed by atoms with van der Waals surface area (Å²) in [6, 6.07) is 12.5. The molecule has 0 bridgehead atoms. The Morgan fingerprint density at radius 3 is 2.76 bits per heavy atom. The van der Waals surface area contributed by atoms with E-state index in [2.05, 4.69) is 58.3 Å². The van der Waals surface area contributed by atoms with Crippen molar-refractivity contribution in [2.45, 2.75) is 25.9 Å². The lowest BCUT2D eigenvalue weighted by atomic mass is 10.1. The first-order chi connectivity index (χ1) is 10.1. The van der Waals surface area contributed by atoms with Crippen LogP contribution < -0.4 is 5.32 Å². The first kappa shape index (κ1) is 14.3. The van der Waals surface area contributed by atoms with E-state index in [0.29, 0.717) is 0 Å². The third-order valence-electron chi connectivity index (χ3n) is 3.61. The van der Waals surface area contributed by atoms with Crippen LogP contribution in [0.25, 0.3) is 11.0 Å². The Balaban J connectivity index is 1.79. The second-order valence-electron chi connectivity index (χ2n) is 5.23. The summed E-state index contributed by atoms with van der Waals surface area (Å²) in [5.41, 5.74) is 2.08. The Kier molecular flexibility index (Phi) is 4.08. The molecule has 2 aromatic heterocycles. The fourth-order valence-electron chi connectivity index (χ4n) is 2.43. The van der Waals surface area contributed by atoms with E-state index in [4.69, 9.17) is 4.42 Å². The van der Waals surface area contributed by atoms with E-state index in [1.807, 2.05) is 24.4 Å². The highest BCUT2D eigenvalue weighted by Gasteiger charge is 2.15. The maximum Gasteiger partial charge on any atom is 0.134 e. The predicted molar refractivity (Wildman–Crippen MR) is 88.1 cm³/mol. The second-order valence-corrected chi connectivity index (χ2v) is 6.14. The number of nitrogens with one attached hydrogen (secondary N) is 1. The van der Waals surface area contributed by atoms with Crippen molar-refractivity contribution in [3.05, 3.63) is 64.6 Å². The van der Waals surface area contributed by atoms with Crippen molar-refractivity contribution in [3.8, 4) is 0 Å². The van der Waals surface area contributed by atoms with Gasteiger partial charge in [0.05, 0.1) is 6.04 Å². The molecule has 108 valence electrons. The minimum Gasteiger partial charge on any atom is -0.459 e. The van der Waals surface area contributed by atoms with Gasteiger partial charge in [-0.15, -0.1) is 0 Å². The fraction of sp³-hybridized carbons (Fsp3) is 0.235.